The Kier molecular flexibility index (Phi) is 5.18. The van der Waals surface area contributed by atoms with Crippen LogP contribution in [0, 0.1) is 47.4 Å². The summed E-state index contributed by atoms with van der Waals surface area (Å²) in [5, 5.41) is 0. The van der Waals surface area contributed by atoms with Gasteiger partial charge in [-0.05, 0) is 59.8 Å². The van der Waals surface area contributed by atoms with Crippen LogP contribution in [0.25, 0.3) is 0 Å². The van der Waals surface area contributed by atoms with Crippen LogP contribution in [0.4, 0.5) is 0 Å². The third kappa shape index (κ3) is 4.90. The fraction of sp³-hybridized carbons (Fsp3) is 0. The van der Waals surface area contributed by atoms with Crippen molar-refractivity contribution in [2.75, 3.05) is 0 Å². The molecule has 0 aliphatic heterocycles. The summed E-state index contributed by atoms with van der Waals surface area (Å²) in [7, 11) is 0. The van der Waals surface area contributed by atoms with Crippen molar-refractivity contribution in [3.8, 4) is 47.4 Å². The van der Waals surface area contributed by atoms with Gasteiger partial charge in [0, 0.05) is 11.1 Å². The Balaban J connectivity index is 1.92. The number of hydrogen-bond acceptors (Lipinski definition) is 0. The molecule has 0 heteroatoms. The van der Waals surface area contributed by atoms with Gasteiger partial charge < -0.3 is 0 Å². The van der Waals surface area contributed by atoms with E-state index in [0.717, 1.165) is 11.1 Å². The summed E-state index contributed by atoms with van der Waals surface area (Å²) >= 11 is 0. The predicted octanol–water partition coefficient (Wildman–Crippen LogP) is 3.10. The minimum absolute atomic E-state index is 0.943. The topological polar surface area (TPSA) is 0 Å². The normalized spacial score (nSPS) is 7.40. The molecule has 0 saturated carbocycles. The molecule has 0 N–H and O–H groups in total. The number of hydrogen-bond donors (Lipinski definition) is 0. The zero-order valence-electron chi connectivity index (χ0n) is 10.8. The van der Waals surface area contributed by atoms with E-state index in [1.165, 1.54) is 0 Å². The maximum Gasteiger partial charge on any atom is 0.0255 e. The Morgan fingerprint density at radius 1 is 0.400 bits per heavy atom. The van der Waals surface area contributed by atoms with Gasteiger partial charge in [-0.3, -0.25) is 0 Å². The zero-order chi connectivity index (χ0) is 13.9. The summed E-state index contributed by atoms with van der Waals surface area (Å²) in [6.45, 7) is 0. The standard InChI is InChI=1S/C20H10/c1(3-7-13-19-15-9-5-10-16-19)2-4-8-14-20-17-11-6-12-18-20/h5-6,9-12,15-18H/i7+1,14+1. The Morgan fingerprint density at radius 2 is 0.750 bits per heavy atom. The van der Waals surface area contributed by atoms with E-state index in [9.17, 15) is 0 Å². The molecule has 2 rings (SSSR count). The van der Waals surface area contributed by atoms with Crippen LogP contribution in [0.1, 0.15) is 11.1 Å². The minimum Gasteiger partial charge on any atom is -0.0622 e. The Labute approximate surface area is 119 Å². The summed E-state index contributed by atoms with van der Waals surface area (Å²) in [4.78, 5) is 0. The van der Waals surface area contributed by atoms with E-state index >= 15 is 0 Å². The molecule has 0 radical (unpaired) electrons. The summed E-state index contributed by atoms with van der Waals surface area (Å²) in [5.41, 5.74) is 1.89. The lowest BCUT2D eigenvalue weighted by Gasteiger charge is -1.83. The third-order valence-electron chi connectivity index (χ3n) is 2.27. The van der Waals surface area contributed by atoms with Crippen molar-refractivity contribution in [3.63, 3.8) is 0 Å². The molecule has 0 aliphatic carbocycles. The second-order valence-corrected chi connectivity index (χ2v) is 3.73. The van der Waals surface area contributed by atoms with Crippen LogP contribution in [0.5, 0.6) is 0 Å². The largest absolute Gasteiger partial charge is 0.0622 e. The van der Waals surface area contributed by atoms with Crippen molar-refractivity contribution in [1.82, 2.24) is 0 Å². The van der Waals surface area contributed by atoms with E-state index < -0.39 is 0 Å². The molecule has 0 nitrogen and oxygen atoms in total. The SMILES string of the molecule is C(#CC#[13C]c1ccccc1)C#C[13C]#Cc1ccccc1. The molecule has 0 heterocycles. The van der Waals surface area contributed by atoms with Crippen LogP contribution in [0.2, 0.25) is 0 Å². The van der Waals surface area contributed by atoms with E-state index in [1.54, 1.807) is 0 Å². The molecular formula is C20H10. The fourth-order valence-electron chi connectivity index (χ4n) is 1.37. The molecule has 20 heavy (non-hydrogen) atoms. The van der Waals surface area contributed by atoms with Crippen LogP contribution in [0.3, 0.4) is 0 Å². The first-order valence-corrected chi connectivity index (χ1v) is 6.07. The second-order valence-electron chi connectivity index (χ2n) is 3.73. The van der Waals surface area contributed by atoms with Crippen LogP contribution in [-0.2, 0) is 0 Å². The lowest BCUT2D eigenvalue weighted by Crippen LogP contribution is -1.69. The van der Waals surface area contributed by atoms with Gasteiger partial charge in [0.05, 0.1) is 0 Å². The molecular weight excluding hydrogens is 242 g/mol. The van der Waals surface area contributed by atoms with Crippen molar-refractivity contribution in [3.05, 3.63) is 71.8 Å². The van der Waals surface area contributed by atoms with Crippen molar-refractivity contribution < 1.29 is 0 Å². The lowest BCUT2D eigenvalue weighted by atomic mass is 10.2. The van der Waals surface area contributed by atoms with E-state index in [4.69, 9.17) is 0 Å². The molecule has 0 aliphatic rings. The first-order chi connectivity index (χ1) is 9.95. The quantitative estimate of drug-likeness (QED) is 0.499. The van der Waals surface area contributed by atoms with Crippen molar-refractivity contribution >= 4 is 0 Å². The van der Waals surface area contributed by atoms with E-state index in [2.05, 4.69) is 47.4 Å². The van der Waals surface area contributed by atoms with E-state index in [1.807, 2.05) is 60.7 Å². The monoisotopic (exact) mass is 252 g/mol. The van der Waals surface area contributed by atoms with Crippen LogP contribution >= 0.6 is 0 Å². The average Bonchev–Trinajstić information content (AvgIpc) is 2.52. The van der Waals surface area contributed by atoms with E-state index in [0.29, 0.717) is 0 Å². The molecule has 0 aromatic heterocycles. The van der Waals surface area contributed by atoms with Gasteiger partial charge in [0.15, 0.2) is 0 Å². The molecule has 2 aromatic rings. The fourth-order valence-corrected chi connectivity index (χ4v) is 1.37. The van der Waals surface area contributed by atoms with E-state index in [-0.39, 0.29) is 0 Å². The highest BCUT2D eigenvalue weighted by Crippen LogP contribution is 1.94. The third-order valence-corrected chi connectivity index (χ3v) is 2.27. The molecule has 0 fully saturated rings. The Morgan fingerprint density at radius 3 is 1.15 bits per heavy atom. The lowest BCUT2D eigenvalue weighted by molar-refractivity contribution is 1.65. The minimum atomic E-state index is 0.943. The zero-order valence-corrected chi connectivity index (χ0v) is 10.8. The smallest absolute Gasteiger partial charge is 0.0255 e. The summed E-state index contributed by atoms with van der Waals surface area (Å²) in [6.07, 6.45) is 0. The maximum absolute atomic E-state index is 2.93. The van der Waals surface area contributed by atoms with Crippen LogP contribution < -0.4 is 0 Å². The van der Waals surface area contributed by atoms with Gasteiger partial charge in [0.1, 0.15) is 0 Å². The highest BCUT2D eigenvalue weighted by atomic mass is 14.1. The first kappa shape index (κ1) is 13.1. The van der Waals surface area contributed by atoms with Gasteiger partial charge in [0.2, 0.25) is 0 Å². The molecule has 0 unspecified atom stereocenters. The first-order valence-electron chi connectivity index (χ1n) is 6.07. The molecule has 0 atom stereocenters. The molecule has 0 bridgehead atoms. The van der Waals surface area contributed by atoms with Crippen molar-refractivity contribution in [2.45, 2.75) is 0 Å². The summed E-state index contributed by atoms with van der Waals surface area (Å²) < 4.78 is 0. The molecule has 2 aromatic carbocycles. The highest BCUT2D eigenvalue weighted by Gasteiger charge is 1.79. The summed E-state index contributed by atoms with van der Waals surface area (Å²) in [5.74, 6) is 22.0. The van der Waals surface area contributed by atoms with Gasteiger partial charge in [-0.25, -0.2) is 0 Å². The molecule has 0 saturated heterocycles. The van der Waals surface area contributed by atoms with Gasteiger partial charge >= 0.3 is 0 Å². The predicted molar refractivity (Wildman–Crippen MR) is 82.2 cm³/mol. The van der Waals surface area contributed by atoms with Crippen molar-refractivity contribution in [2.24, 2.45) is 0 Å². The Hall–Kier alpha value is -3.32. The molecule has 0 amide bonds. The highest BCUT2D eigenvalue weighted by molar-refractivity contribution is 5.45. The van der Waals surface area contributed by atoms with Gasteiger partial charge in [-0.1, -0.05) is 48.2 Å². The average molecular weight is 252 g/mol. The van der Waals surface area contributed by atoms with Crippen LogP contribution in [-0.4, -0.2) is 0 Å². The van der Waals surface area contributed by atoms with Gasteiger partial charge in [-0.2, -0.15) is 0 Å². The molecule has 0 spiro atoms. The van der Waals surface area contributed by atoms with Crippen molar-refractivity contribution in [1.29, 1.82) is 0 Å². The molecule has 90 valence electrons. The van der Waals surface area contributed by atoms with Gasteiger partial charge in [-0.15, -0.1) is 0 Å². The van der Waals surface area contributed by atoms with Gasteiger partial charge in [0.25, 0.3) is 0 Å². The number of benzene rings is 2. The maximum atomic E-state index is 2.93. The second kappa shape index (κ2) is 7.90. The summed E-state index contributed by atoms with van der Waals surface area (Å²) in [6, 6.07) is 19.4. The van der Waals surface area contributed by atoms with Crippen LogP contribution in [0.15, 0.2) is 60.7 Å². The Bertz CT molecular complexity index is 724. The number of rotatable bonds is 0.